The number of aromatic nitrogens is 1. The Morgan fingerprint density at radius 1 is 1.32 bits per heavy atom. The Kier molecular flexibility index (Phi) is 10.3. The van der Waals surface area contributed by atoms with Crippen molar-refractivity contribution in [2.24, 2.45) is 10.4 Å². The van der Waals surface area contributed by atoms with Gasteiger partial charge in [0.05, 0.1) is 10.7 Å². The molecule has 1 aromatic rings. The number of hydrogen-bond acceptors (Lipinski definition) is 4. The second-order valence-corrected chi connectivity index (χ2v) is 8.00. The molecule has 1 aliphatic rings. The van der Waals surface area contributed by atoms with Crippen molar-refractivity contribution in [1.29, 1.82) is 0 Å². The summed E-state index contributed by atoms with van der Waals surface area (Å²) in [6.07, 6.45) is 5.99. The summed E-state index contributed by atoms with van der Waals surface area (Å²) < 4.78 is 5.27. The molecule has 0 unspecified atom stereocenters. The van der Waals surface area contributed by atoms with Gasteiger partial charge in [-0.15, -0.1) is 35.3 Å². The first-order chi connectivity index (χ1) is 11.6. The maximum Gasteiger partial charge on any atom is 0.191 e. The molecule has 1 aromatic heterocycles. The number of nitrogens with one attached hydrogen (secondary N) is 2. The molecule has 1 saturated carbocycles. The molecule has 0 saturated heterocycles. The standard InChI is InChI=1S/C18H32N4OS.HI/c1-5-19-17(20-11-7-16-14(2)22-15(3)24-16)21-13-18(8-6-9-18)10-12-23-4;/h5-13H2,1-4H3,(H2,19,20,21);1H. The van der Waals surface area contributed by atoms with E-state index in [0.29, 0.717) is 5.41 Å². The smallest absolute Gasteiger partial charge is 0.191 e. The van der Waals surface area contributed by atoms with Crippen LogP contribution in [0.1, 0.15) is 48.2 Å². The van der Waals surface area contributed by atoms with Crippen LogP contribution >= 0.6 is 35.3 Å². The van der Waals surface area contributed by atoms with E-state index < -0.39 is 0 Å². The Morgan fingerprint density at radius 3 is 2.60 bits per heavy atom. The van der Waals surface area contributed by atoms with Crippen LogP contribution in [0.15, 0.2) is 4.99 Å². The van der Waals surface area contributed by atoms with Crippen molar-refractivity contribution in [3.63, 3.8) is 0 Å². The van der Waals surface area contributed by atoms with Gasteiger partial charge >= 0.3 is 0 Å². The van der Waals surface area contributed by atoms with E-state index in [1.165, 1.54) is 24.1 Å². The van der Waals surface area contributed by atoms with E-state index in [1.54, 1.807) is 18.4 Å². The molecular weight excluding hydrogens is 447 g/mol. The van der Waals surface area contributed by atoms with Gasteiger partial charge in [-0.25, -0.2) is 4.98 Å². The van der Waals surface area contributed by atoms with Crippen LogP contribution in [0.2, 0.25) is 0 Å². The summed E-state index contributed by atoms with van der Waals surface area (Å²) >= 11 is 1.79. The number of rotatable bonds is 9. The molecule has 1 aliphatic carbocycles. The summed E-state index contributed by atoms with van der Waals surface area (Å²) in [6.45, 7) is 9.77. The molecule has 0 radical (unpaired) electrons. The van der Waals surface area contributed by atoms with Gasteiger partial charge in [0.25, 0.3) is 0 Å². The molecule has 5 nitrogen and oxygen atoms in total. The highest BCUT2D eigenvalue weighted by Crippen LogP contribution is 2.44. The van der Waals surface area contributed by atoms with Crippen LogP contribution in [-0.4, -0.2) is 44.3 Å². The molecule has 1 heterocycles. The number of nitrogens with zero attached hydrogens (tertiary/aromatic N) is 2. The Bertz CT molecular complexity index is 543. The molecule has 0 aliphatic heterocycles. The SMILES string of the molecule is CCNC(=NCC1(CCOC)CCC1)NCCc1sc(C)nc1C.I. The highest BCUT2D eigenvalue weighted by atomic mass is 127. The predicted molar refractivity (Wildman–Crippen MR) is 117 cm³/mol. The van der Waals surface area contributed by atoms with Gasteiger partial charge in [0.2, 0.25) is 0 Å². The van der Waals surface area contributed by atoms with Crippen LogP contribution in [0.25, 0.3) is 0 Å². The summed E-state index contributed by atoms with van der Waals surface area (Å²) in [6, 6.07) is 0. The van der Waals surface area contributed by atoms with E-state index in [-0.39, 0.29) is 24.0 Å². The van der Waals surface area contributed by atoms with Crippen LogP contribution < -0.4 is 10.6 Å². The summed E-state index contributed by atoms with van der Waals surface area (Å²) in [4.78, 5) is 10.7. The van der Waals surface area contributed by atoms with Crippen molar-refractivity contribution in [3.8, 4) is 0 Å². The second kappa shape index (κ2) is 11.3. The lowest BCUT2D eigenvalue weighted by atomic mass is 9.67. The number of thiazole rings is 1. The molecule has 2 N–H and O–H groups in total. The number of aliphatic imine (C=N–C) groups is 1. The van der Waals surface area contributed by atoms with Crippen molar-refractivity contribution in [3.05, 3.63) is 15.6 Å². The van der Waals surface area contributed by atoms with E-state index in [0.717, 1.165) is 55.7 Å². The summed E-state index contributed by atoms with van der Waals surface area (Å²) in [5.41, 5.74) is 1.53. The van der Waals surface area contributed by atoms with E-state index in [1.807, 2.05) is 0 Å². The average molecular weight is 480 g/mol. The topological polar surface area (TPSA) is 58.5 Å². The lowest BCUT2D eigenvalue weighted by molar-refractivity contribution is 0.0778. The third kappa shape index (κ3) is 7.02. The van der Waals surface area contributed by atoms with Gasteiger partial charge in [0, 0.05) is 44.6 Å². The van der Waals surface area contributed by atoms with Crippen LogP contribution in [-0.2, 0) is 11.2 Å². The number of aryl methyl sites for hydroxylation is 2. The molecule has 25 heavy (non-hydrogen) atoms. The van der Waals surface area contributed by atoms with Crippen molar-refractivity contribution in [2.45, 2.75) is 52.9 Å². The summed E-state index contributed by atoms with van der Waals surface area (Å²) in [5.74, 6) is 0.931. The first kappa shape index (κ1) is 22.6. The van der Waals surface area contributed by atoms with Gasteiger partial charge in [-0.05, 0) is 45.4 Å². The van der Waals surface area contributed by atoms with E-state index in [9.17, 15) is 0 Å². The van der Waals surface area contributed by atoms with Crippen molar-refractivity contribution in [1.82, 2.24) is 15.6 Å². The van der Waals surface area contributed by atoms with Gasteiger partial charge in [-0.1, -0.05) is 6.42 Å². The number of guanidine groups is 1. The minimum Gasteiger partial charge on any atom is -0.385 e. The molecule has 0 atom stereocenters. The van der Waals surface area contributed by atoms with Crippen molar-refractivity contribution >= 4 is 41.3 Å². The summed E-state index contributed by atoms with van der Waals surface area (Å²) in [7, 11) is 1.78. The van der Waals surface area contributed by atoms with Gasteiger partial charge in [0.1, 0.15) is 0 Å². The molecule has 7 heteroatoms. The largest absolute Gasteiger partial charge is 0.385 e. The molecule has 0 aromatic carbocycles. The Balaban J connectivity index is 0.00000312. The Hall–Kier alpha value is -0.410. The minimum atomic E-state index is 0. The van der Waals surface area contributed by atoms with Crippen LogP contribution in [0.4, 0.5) is 0 Å². The van der Waals surface area contributed by atoms with Crippen LogP contribution in [0.3, 0.4) is 0 Å². The monoisotopic (exact) mass is 480 g/mol. The maximum absolute atomic E-state index is 5.27. The average Bonchev–Trinajstić information content (AvgIpc) is 2.83. The van der Waals surface area contributed by atoms with Gasteiger partial charge in [-0.2, -0.15) is 0 Å². The Morgan fingerprint density at radius 2 is 2.08 bits per heavy atom. The predicted octanol–water partition coefficient (Wildman–Crippen LogP) is 3.68. The quantitative estimate of drug-likeness (QED) is 0.322. The lowest BCUT2D eigenvalue weighted by Crippen LogP contribution is -2.41. The van der Waals surface area contributed by atoms with Gasteiger partial charge in [0.15, 0.2) is 5.96 Å². The van der Waals surface area contributed by atoms with Gasteiger partial charge in [-0.3, -0.25) is 4.99 Å². The first-order valence-electron chi connectivity index (χ1n) is 9.02. The molecule has 1 fully saturated rings. The fourth-order valence-electron chi connectivity index (χ4n) is 3.17. The fourth-order valence-corrected chi connectivity index (χ4v) is 4.11. The highest BCUT2D eigenvalue weighted by Gasteiger charge is 2.36. The number of halogens is 1. The molecule has 0 spiro atoms. The van der Waals surface area contributed by atoms with E-state index in [2.05, 4.69) is 36.4 Å². The Labute approximate surface area is 173 Å². The first-order valence-corrected chi connectivity index (χ1v) is 9.84. The fraction of sp³-hybridized carbons (Fsp3) is 0.778. The van der Waals surface area contributed by atoms with Crippen LogP contribution in [0, 0.1) is 19.3 Å². The molecule has 0 bridgehead atoms. The normalized spacial score (nSPS) is 16.1. The zero-order valence-corrected chi connectivity index (χ0v) is 19.1. The van der Waals surface area contributed by atoms with E-state index in [4.69, 9.17) is 9.73 Å². The minimum absolute atomic E-state index is 0. The van der Waals surface area contributed by atoms with Gasteiger partial charge < -0.3 is 15.4 Å². The van der Waals surface area contributed by atoms with E-state index >= 15 is 0 Å². The summed E-state index contributed by atoms with van der Waals surface area (Å²) in [5, 5.41) is 7.98. The molecule has 2 rings (SSSR count). The lowest BCUT2D eigenvalue weighted by Gasteiger charge is -2.40. The number of methoxy groups -OCH3 is 1. The van der Waals surface area contributed by atoms with Crippen molar-refractivity contribution in [2.75, 3.05) is 33.4 Å². The maximum atomic E-state index is 5.27. The zero-order valence-electron chi connectivity index (χ0n) is 16.0. The molecular formula is C18H33IN4OS. The molecule has 144 valence electrons. The number of ether oxygens (including phenoxy) is 1. The third-order valence-corrected chi connectivity index (χ3v) is 5.94. The van der Waals surface area contributed by atoms with Crippen LogP contribution in [0.5, 0.6) is 0 Å². The third-order valence-electron chi connectivity index (χ3n) is 4.81. The second-order valence-electron chi connectivity index (χ2n) is 6.71. The molecule has 0 amide bonds. The number of hydrogen-bond donors (Lipinski definition) is 2. The highest BCUT2D eigenvalue weighted by molar-refractivity contribution is 14.0. The van der Waals surface area contributed by atoms with Crippen molar-refractivity contribution < 1.29 is 4.74 Å². The zero-order chi connectivity index (χ0) is 17.4.